The molecule has 0 radical (unpaired) electrons. The summed E-state index contributed by atoms with van der Waals surface area (Å²) in [6, 6.07) is 12.2. The Kier molecular flexibility index (Phi) is 7.31. The van der Waals surface area contributed by atoms with Crippen LogP contribution in [0.1, 0.15) is 48.3 Å². The number of pyridine rings is 1. The highest BCUT2D eigenvalue weighted by atomic mass is 16.5. The molecule has 0 aliphatic carbocycles. The van der Waals surface area contributed by atoms with E-state index >= 15 is 0 Å². The first-order valence-corrected chi connectivity index (χ1v) is 11.3. The number of esters is 1. The van der Waals surface area contributed by atoms with Crippen molar-refractivity contribution in [3.8, 4) is 0 Å². The minimum atomic E-state index is -0.416. The maximum absolute atomic E-state index is 13.0. The smallest absolute Gasteiger partial charge is 0.338 e. The fourth-order valence-corrected chi connectivity index (χ4v) is 4.26. The summed E-state index contributed by atoms with van der Waals surface area (Å²) in [6.07, 6.45) is 3.57. The number of benzene rings is 1. The van der Waals surface area contributed by atoms with Gasteiger partial charge in [-0.3, -0.25) is 14.6 Å². The third-order valence-electron chi connectivity index (χ3n) is 6.06. The number of carbonyl (C=O) groups excluding carboxylic acids is 3. The van der Waals surface area contributed by atoms with Crippen LogP contribution in [0.3, 0.4) is 0 Å². The second kappa shape index (κ2) is 10.5. The van der Waals surface area contributed by atoms with Crippen LogP contribution in [0.2, 0.25) is 0 Å². The molecule has 1 aromatic carbocycles. The SMILES string of the molecule is CCOC(=O)c1cccc(NC(=O)C2CCN(C(=O)C3CC(c4ccccn4)NN3)CC2)c1. The van der Waals surface area contributed by atoms with Crippen molar-refractivity contribution in [3.63, 3.8) is 0 Å². The second-order valence-corrected chi connectivity index (χ2v) is 8.27. The topological polar surface area (TPSA) is 113 Å². The Hall–Kier alpha value is -3.30. The Morgan fingerprint density at radius 2 is 1.94 bits per heavy atom. The molecular weight excluding hydrogens is 422 g/mol. The average Bonchev–Trinajstić information content (AvgIpc) is 3.35. The quantitative estimate of drug-likeness (QED) is 0.576. The number of hydrogen-bond donors (Lipinski definition) is 3. The second-order valence-electron chi connectivity index (χ2n) is 8.27. The van der Waals surface area contributed by atoms with Crippen molar-refractivity contribution >= 4 is 23.5 Å². The molecule has 2 fully saturated rings. The zero-order valence-electron chi connectivity index (χ0n) is 18.6. The van der Waals surface area contributed by atoms with Crippen LogP contribution in [0.4, 0.5) is 5.69 Å². The molecular formula is C24H29N5O4. The van der Waals surface area contributed by atoms with Crippen molar-refractivity contribution in [1.29, 1.82) is 0 Å². The fraction of sp³-hybridized carbons (Fsp3) is 0.417. The Morgan fingerprint density at radius 3 is 2.67 bits per heavy atom. The number of aromatic nitrogens is 1. The first kappa shape index (κ1) is 22.9. The summed E-state index contributed by atoms with van der Waals surface area (Å²) in [6.45, 7) is 3.11. The number of nitrogens with zero attached hydrogens (tertiary/aromatic N) is 2. The van der Waals surface area contributed by atoms with Crippen LogP contribution in [0.15, 0.2) is 48.7 Å². The van der Waals surface area contributed by atoms with Gasteiger partial charge in [-0.25, -0.2) is 15.6 Å². The number of anilines is 1. The molecule has 3 N–H and O–H groups in total. The van der Waals surface area contributed by atoms with Crippen molar-refractivity contribution < 1.29 is 19.1 Å². The maximum atomic E-state index is 13.0. The first-order chi connectivity index (χ1) is 16.0. The monoisotopic (exact) mass is 451 g/mol. The minimum Gasteiger partial charge on any atom is -0.462 e. The summed E-state index contributed by atoms with van der Waals surface area (Å²) < 4.78 is 5.01. The van der Waals surface area contributed by atoms with E-state index < -0.39 is 5.97 Å². The lowest BCUT2D eigenvalue weighted by molar-refractivity contribution is -0.136. The van der Waals surface area contributed by atoms with Gasteiger partial charge in [0.1, 0.15) is 6.04 Å². The fourth-order valence-electron chi connectivity index (χ4n) is 4.26. The van der Waals surface area contributed by atoms with Gasteiger partial charge in [0, 0.05) is 30.9 Å². The highest BCUT2D eigenvalue weighted by Crippen LogP contribution is 2.24. The zero-order chi connectivity index (χ0) is 23.2. The van der Waals surface area contributed by atoms with Gasteiger partial charge < -0.3 is 15.0 Å². The van der Waals surface area contributed by atoms with Gasteiger partial charge in [0.2, 0.25) is 11.8 Å². The Morgan fingerprint density at radius 1 is 1.12 bits per heavy atom. The number of carbonyl (C=O) groups is 3. The van der Waals surface area contributed by atoms with E-state index in [4.69, 9.17) is 4.74 Å². The molecule has 1 aromatic heterocycles. The van der Waals surface area contributed by atoms with Gasteiger partial charge in [-0.15, -0.1) is 0 Å². The molecule has 2 atom stereocenters. The molecule has 2 unspecified atom stereocenters. The number of ether oxygens (including phenoxy) is 1. The van der Waals surface area contributed by atoms with E-state index in [1.54, 1.807) is 37.4 Å². The van der Waals surface area contributed by atoms with Crippen molar-refractivity contribution in [3.05, 3.63) is 59.9 Å². The van der Waals surface area contributed by atoms with Gasteiger partial charge >= 0.3 is 5.97 Å². The van der Waals surface area contributed by atoms with E-state index in [-0.39, 0.29) is 29.8 Å². The van der Waals surface area contributed by atoms with Crippen LogP contribution in [0.25, 0.3) is 0 Å². The van der Waals surface area contributed by atoms with Gasteiger partial charge in [-0.2, -0.15) is 0 Å². The number of rotatable bonds is 6. The molecule has 2 aliphatic rings. The third-order valence-corrected chi connectivity index (χ3v) is 6.06. The molecule has 174 valence electrons. The maximum Gasteiger partial charge on any atom is 0.338 e. The number of hydrazine groups is 1. The van der Waals surface area contributed by atoms with Crippen molar-refractivity contribution in [1.82, 2.24) is 20.7 Å². The predicted octanol–water partition coefficient (Wildman–Crippen LogP) is 2.04. The standard InChI is InChI=1S/C24H29N5O4/c1-2-33-24(32)17-6-5-7-18(14-17)26-22(30)16-9-12-29(13-10-16)23(31)21-15-20(27-28-21)19-8-3-4-11-25-19/h3-8,11,14,16,20-21,27-28H,2,9-10,12-13,15H2,1H3,(H,26,30). The highest BCUT2D eigenvalue weighted by Gasteiger charge is 2.35. The summed E-state index contributed by atoms with van der Waals surface area (Å²) in [5, 5.41) is 2.89. The summed E-state index contributed by atoms with van der Waals surface area (Å²) in [4.78, 5) is 43.8. The van der Waals surface area contributed by atoms with Crippen LogP contribution in [0.5, 0.6) is 0 Å². The van der Waals surface area contributed by atoms with E-state index in [0.29, 0.717) is 50.2 Å². The molecule has 2 aliphatic heterocycles. The number of piperidine rings is 1. The molecule has 0 spiro atoms. The van der Waals surface area contributed by atoms with Crippen LogP contribution >= 0.6 is 0 Å². The van der Waals surface area contributed by atoms with Gasteiger partial charge in [0.05, 0.1) is 23.9 Å². The number of hydrogen-bond acceptors (Lipinski definition) is 7. The summed E-state index contributed by atoms with van der Waals surface area (Å²) in [5.74, 6) is -0.655. The molecule has 0 bridgehead atoms. The molecule has 2 aromatic rings. The van der Waals surface area contributed by atoms with E-state index in [1.165, 1.54) is 0 Å². The molecule has 2 saturated heterocycles. The summed E-state index contributed by atoms with van der Waals surface area (Å²) in [5.41, 5.74) is 8.12. The molecule has 4 rings (SSSR count). The van der Waals surface area contributed by atoms with Crippen molar-refractivity contribution in [2.45, 2.75) is 38.3 Å². The average molecular weight is 452 g/mol. The minimum absolute atomic E-state index is 0.00571. The Labute approximate surface area is 192 Å². The van der Waals surface area contributed by atoms with Gasteiger partial charge in [-0.1, -0.05) is 12.1 Å². The van der Waals surface area contributed by atoms with Gasteiger partial charge in [0.25, 0.3) is 0 Å². The first-order valence-electron chi connectivity index (χ1n) is 11.3. The number of nitrogens with one attached hydrogen (secondary N) is 3. The van der Waals surface area contributed by atoms with E-state index in [9.17, 15) is 14.4 Å². The predicted molar refractivity (Wildman–Crippen MR) is 122 cm³/mol. The van der Waals surface area contributed by atoms with Gasteiger partial charge in [0.15, 0.2) is 0 Å². The third kappa shape index (κ3) is 5.55. The number of likely N-dealkylation sites (tertiary alicyclic amines) is 1. The van der Waals surface area contributed by atoms with E-state index in [1.807, 2.05) is 23.1 Å². The lowest BCUT2D eigenvalue weighted by Crippen LogP contribution is -2.49. The van der Waals surface area contributed by atoms with E-state index in [0.717, 1.165) is 5.69 Å². The lowest BCUT2D eigenvalue weighted by Gasteiger charge is -2.32. The Bertz CT molecular complexity index is 991. The van der Waals surface area contributed by atoms with E-state index in [2.05, 4.69) is 21.2 Å². The molecule has 0 saturated carbocycles. The molecule has 2 amide bonds. The molecule has 3 heterocycles. The number of amides is 2. The molecule has 9 nitrogen and oxygen atoms in total. The molecule has 33 heavy (non-hydrogen) atoms. The van der Waals surface area contributed by atoms with Gasteiger partial charge in [-0.05, 0) is 56.5 Å². The van der Waals surface area contributed by atoms with Crippen LogP contribution < -0.4 is 16.2 Å². The van der Waals surface area contributed by atoms with Crippen LogP contribution in [-0.4, -0.2) is 53.4 Å². The summed E-state index contributed by atoms with van der Waals surface area (Å²) in [7, 11) is 0. The lowest BCUT2D eigenvalue weighted by atomic mass is 9.95. The van der Waals surface area contributed by atoms with Crippen LogP contribution in [0, 0.1) is 5.92 Å². The highest BCUT2D eigenvalue weighted by molar-refractivity contribution is 5.95. The van der Waals surface area contributed by atoms with Crippen LogP contribution in [-0.2, 0) is 14.3 Å². The van der Waals surface area contributed by atoms with Crippen molar-refractivity contribution in [2.75, 3.05) is 25.0 Å². The van der Waals surface area contributed by atoms with Crippen molar-refractivity contribution in [2.24, 2.45) is 5.92 Å². The largest absolute Gasteiger partial charge is 0.462 e. The summed E-state index contributed by atoms with van der Waals surface area (Å²) >= 11 is 0. The normalized spacial score (nSPS) is 20.9. The molecule has 9 heteroatoms. The Balaban J connectivity index is 1.26. The zero-order valence-corrected chi connectivity index (χ0v) is 18.6.